The highest BCUT2D eigenvalue weighted by molar-refractivity contribution is 6.32. The fraction of sp³-hybridized carbons (Fsp3) is 0. The fourth-order valence-electron chi connectivity index (χ4n) is 1.08. The monoisotopic (exact) mass is 292 g/mol. The Bertz CT molecular complexity index is 565. The van der Waals surface area contributed by atoms with Crippen molar-refractivity contribution in [3.8, 4) is 11.5 Å². The van der Waals surface area contributed by atoms with E-state index in [4.69, 9.17) is 39.5 Å². The van der Waals surface area contributed by atoms with Crippen molar-refractivity contribution in [2.45, 2.75) is 0 Å². The molecule has 0 bridgehead atoms. The van der Waals surface area contributed by atoms with Crippen molar-refractivity contribution >= 4 is 34.8 Å². The van der Waals surface area contributed by atoms with Crippen molar-refractivity contribution in [2.24, 2.45) is 0 Å². The van der Waals surface area contributed by atoms with Gasteiger partial charge in [0.1, 0.15) is 11.6 Å². The maximum absolute atomic E-state index is 13.2. The molecular formula is C10H4Cl3FN2O. The highest BCUT2D eigenvalue weighted by Gasteiger charge is 2.08. The summed E-state index contributed by atoms with van der Waals surface area (Å²) in [6.45, 7) is 0. The molecule has 0 aliphatic carbocycles. The molecule has 7 heteroatoms. The summed E-state index contributed by atoms with van der Waals surface area (Å²) in [5, 5.41) is 7.24. The van der Waals surface area contributed by atoms with Crippen molar-refractivity contribution in [3.63, 3.8) is 0 Å². The molecule has 0 aliphatic heterocycles. The lowest BCUT2D eigenvalue weighted by atomic mass is 10.3. The lowest BCUT2D eigenvalue weighted by Gasteiger charge is -2.06. The summed E-state index contributed by atoms with van der Waals surface area (Å²) >= 11 is 16.9. The first-order valence-corrected chi connectivity index (χ1v) is 5.51. The van der Waals surface area contributed by atoms with Crippen LogP contribution in [-0.2, 0) is 0 Å². The molecule has 2 rings (SSSR count). The molecule has 88 valence electrons. The SMILES string of the molecule is Fc1cc(Oc2cc(Cl)nnc2Cl)ccc1Cl. The van der Waals surface area contributed by atoms with Crippen molar-refractivity contribution < 1.29 is 9.13 Å². The molecule has 0 saturated heterocycles. The minimum absolute atomic E-state index is 0.00864. The van der Waals surface area contributed by atoms with E-state index >= 15 is 0 Å². The van der Waals surface area contributed by atoms with Crippen LogP contribution >= 0.6 is 34.8 Å². The Morgan fingerprint density at radius 2 is 1.82 bits per heavy atom. The zero-order valence-corrected chi connectivity index (χ0v) is 10.4. The molecule has 3 nitrogen and oxygen atoms in total. The Morgan fingerprint density at radius 1 is 1.06 bits per heavy atom. The molecule has 0 unspecified atom stereocenters. The van der Waals surface area contributed by atoms with E-state index in [9.17, 15) is 4.39 Å². The molecule has 1 aromatic heterocycles. The van der Waals surface area contributed by atoms with E-state index in [0.29, 0.717) is 0 Å². The predicted octanol–water partition coefficient (Wildman–Crippen LogP) is 4.37. The van der Waals surface area contributed by atoms with Crippen molar-refractivity contribution in [2.75, 3.05) is 0 Å². The van der Waals surface area contributed by atoms with E-state index in [1.807, 2.05) is 0 Å². The Morgan fingerprint density at radius 3 is 2.53 bits per heavy atom. The van der Waals surface area contributed by atoms with E-state index in [1.165, 1.54) is 18.2 Å². The summed E-state index contributed by atoms with van der Waals surface area (Å²) < 4.78 is 18.5. The Labute approximate surface area is 111 Å². The molecule has 0 aliphatic rings. The standard InChI is InChI=1S/C10H4Cl3FN2O/c11-6-2-1-5(3-7(6)14)17-8-4-9(12)15-16-10(8)13/h1-4H. The van der Waals surface area contributed by atoms with Crippen LogP contribution < -0.4 is 4.74 Å². The molecule has 0 radical (unpaired) electrons. The molecule has 0 atom stereocenters. The molecule has 1 aromatic carbocycles. The van der Waals surface area contributed by atoms with Crippen molar-refractivity contribution in [3.05, 3.63) is 45.4 Å². The van der Waals surface area contributed by atoms with Gasteiger partial charge in [-0.2, -0.15) is 0 Å². The molecule has 2 aromatic rings. The molecule has 0 saturated carbocycles. The first-order valence-electron chi connectivity index (χ1n) is 4.38. The quantitative estimate of drug-likeness (QED) is 0.824. The predicted molar refractivity (Wildman–Crippen MR) is 63.5 cm³/mol. The number of hydrogen-bond donors (Lipinski definition) is 0. The zero-order chi connectivity index (χ0) is 12.4. The normalized spacial score (nSPS) is 10.4. The summed E-state index contributed by atoms with van der Waals surface area (Å²) in [5.74, 6) is -0.167. The molecule has 0 fully saturated rings. The maximum atomic E-state index is 13.2. The van der Waals surface area contributed by atoms with Gasteiger partial charge in [-0.3, -0.25) is 0 Å². The minimum Gasteiger partial charge on any atom is -0.454 e. The third-order valence-corrected chi connectivity index (χ3v) is 2.56. The summed E-state index contributed by atoms with van der Waals surface area (Å²) in [6, 6.07) is 5.38. The van der Waals surface area contributed by atoms with Gasteiger partial charge < -0.3 is 4.74 Å². The smallest absolute Gasteiger partial charge is 0.194 e. The Balaban J connectivity index is 2.31. The maximum Gasteiger partial charge on any atom is 0.194 e. The number of aromatic nitrogens is 2. The molecular weight excluding hydrogens is 289 g/mol. The van der Waals surface area contributed by atoms with Crippen LogP contribution in [-0.4, -0.2) is 10.2 Å². The largest absolute Gasteiger partial charge is 0.454 e. The number of halogens is 4. The highest BCUT2D eigenvalue weighted by Crippen LogP contribution is 2.30. The first-order chi connectivity index (χ1) is 8.06. The molecule has 1 heterocycles. The second kappa shape index (κ2) is 5.04. The van der Waals surface area contributed by atoms with Gasteiger partial charge in [0.25, 0.3) is 0 Å². The topological polar surface area (TPSA) is 35.0 Å². The van der Waals surface area contributed by atoms with Crippen LogP contribution in [0.1, 0.15) is 0 Å². The molecule has 0 amide bonds. The lowest BCUT2D eigenvalue weighted by Crippen LogP contribution is -1.91. The highest BCUT2D eigenvalue weighted by atomic mass is 35.5. The third-order valence-electron chi connectivity index (χ3n) is 1.81. The average molecular weight is 294 g/mol. The van der Waals surface area contributed by atoms with E-state index in [2.05, 4.69) is 10.2 Å². The van der Waals surface area contributed by atoms with Crippen molar-refractivity contribution in [1.82, 2.24) is 10.2 Å². The molecule has 0 spiro atoms. The van der Waals surface area contributed by atoms with Gasteiger partial charge in [0.2, 0.25) is 0 Å². The number of nitrogens with zero attached hydrogens (tertiary/aromatic N) is 2. The summed E-state index contributed by atoms with van der Waals surface area (Å²) in [6.07, 6.45) is 0. The summed E-state index contributed by atoms with van der Waals surface area (Å²) in [4.78, 5) is 0. The molecule has 17 heavy (non-hydrogen) atoms. The second-order valence-electron chi connectivity index (χ2n) is 3.00. The van der Waals surface area contributed by atoms with Gasteiger partial charge >= 0.3 is 0 Å². The van der Waals surface area contributed by atoms with Crippen LogP contribution in [0.2, 0.25) is 15.3 Å². The second-order valence-corrected chi connectivity index (χ2v) is 4.15. The van der Waals surface area contributed by atoms with E-state index in [-0.39, 0.29) is 26.8 Å². The van der Waals surface area contributed by atoms with Crippen LogP contribution in [0.25, 0.3) is 0 Å². The average Bonchev–Trinajstić information content (AvgIpc) is 2.29. The number of benzene rings is 1. The Kier molecular flexibility index (Phi) is 3.66. The zero-order valence-electron chi connectivity index (χ0n) is 8.12. The minimum atomic E-state index is -0.589. The van der Waals surface area contributed by atoms with E-state index in [0.717, 1.165) is 6.07 Å². The van der Waals surface area contributed by atoms with Crippen LogP contribution in [0.15, 0.2) is 24.3 Å². The van der Waals surface area contributed by atoms with Gasteiger partial charge in [-0.1, -0.05) is 34.8 Å². The number of hydrogen-bond acceptors (Lipinski definition) is 3. The lowest BCUT2D eigenvalue weighted by molar-refractivity contribution is 0.473. The summed E-state index contributed by atoms with van der Waals surface area (Å²) in [5.41, 5.74) is 0. The van der Waals surface area contributed by atoms with Gasteiger partial charge in [0, 0.05) is 12.1 Å². The summed E-state index contributed by atoms with van der Waals surface area (Å²) in [7, 11) is 0. The number of rotatable bonds is 2. The van der Waals surface area contributed by atoms with Gasteiger partial charge in [-0.15, -0.1) is 10.2 Å². The number of ether oxygens (including phenoxy) is 1. The van der Waals surface area contributed by atoms with Crippen LogP contribution in [0.5, 0.6) is 11.5 Å². The van der Waals surface area contributed by atoms with E-state index in [1.54, 1.807) is 0 Å². The van der Waals surface area contributed by atoms with Gasteiger partial charge in [-0.05, 0) is 12.1 Å². The van der Waals surface area contributed by atoms with E-state index < -0.39 is 5.82 Å². The first kappa shape index (κ1) is 12.4. The van der Waals surface area contributed by atoms with Crippen LogP contribution in [0.3, 0.4) is 0 Å². The third kappa shape index (κ3) is 2.97. The van der Waals surface area contributed by atoms with Crippen LogP contribution in [0.4, 0.5) is 4.39 Å². The van der Waals surface area contributed by atoms with Gasteiger partial charge in [0.05, 0.1) is 5.02 Å². The van der Waals surface area contributed by atoms with Crippen molar-refractivity contribution in [1.29, 1.82) is 0 Å². The van der Waals surface area contributed by atoms with Crippen LogP contribution in [0, 0.1) is 5.82 Å². The fourth-order valence-corrected chi connectivity index (χ4v) is 1.46. The molecule has 0 N–H and O–H groups in total. The Hall–Kier alpha value is -1.10. The van der Waals surface area contributed by atoms with Gasteiger partial charge in [0.15, 0.2) is 16.1 Å². The van der Waals surface area contributed by atoms with Gasteiger partial charge in [-0.25, -0.2) is 4.39 Å².